The summed E-state index contributed by atoms with van der Waals surface area (Å²) in [7, 11) is 1.36. The Morgan fingerprint density at radius 3 is 2.48 bits per heavy atom. The first kappa shape index (κ1) is 17.9. The number of halogens is 2. The summed E-state index contributed by atoms with van der Waals surface area (Å²) in [5.41, 5.74) is 3.23. The minimum Gasteiger partial charge on any atom is -0.465 e. The number of esters is 1. The third kappa shape index (κ3) is 4.12. The highest BCUT2D eigenvalue weighted by molar-refractivity contribution is 9.10. The molecule has 0 saturated heterocycles. The number of benzene rings is 1. The van der Waals surface area contributed by atoms with Gasteiger partial charge in [0.15, 0.2) is 0 Å². The zero-order chi connectivity index (χ0) is 17.0. The number of hydrogen-bond acceptors (Lipinski definition) is 3. The molecule has 1 aromatic heterocycles. The van der Waals surface area contributed by atoms with Crippen LogP contribution in [0, 0.1) is 6.92 Å². The van der Waals surface area contributed by atoms with E-state index in [0.29, 0.717) is 29.4 Å². The predicted molar refractivity (Wildman–Crippen MR) is 97.3 cm³/mol. The smallest absolute Gasteiger partial charge is 0.337 e. The lowest BCUT2D eigenvalue weighted by molar-refractivity contribution is 0.0600. The molecule has 0 bridgehead atoms. The molecule has 0 unspecified atom stereocenters. The second-order valence-corrected chi connectivity index (χ2v) is 6.57. The van der Waals surface area contributed by atoms with E-state index in [9.17, 15) is 9.59 Å². The van der Waals surface area contributed by atoms with Crippen molar-refractivity contribution < 1.29 is 9.53 Å². The van der Waals surface area contributed by atoms with Gasteiger partial charge in [0.1, 0.15) is 0 Å². The maximum Gasteiger partial charge on any atom is 0.337 e. The maximum atomic E-state index is 12.4. The van der Waals surface area contributed by atoms with Crippen LogP contribution in [-0.2, 0) is 23.0 Å². The number of ether oxygens (including phenoxy) is 1. The molecule has 2 aromatic rings. The fraction of sp³-hybridized carbons (Fsp3) is 0.294. The fourth-order valence-electron chi connectivity index (χ4n) is 2.34. The van der Waals surface area contributed by atoms with Gasteiger partial charge in [-0.1, -0.05) is 28.1 Å². The highest BCUT2D eigenvalue weighted by atomic mass is 79.9. The first-order chi connectivity index (χ1) is 11.0. The van der Waals surface area contributed by atoms with E-state index in [0.717, 1.165) is 15.7 Å². The number of alkyl halides is 1. The highest BCUT2D eigenvalue weighted by Crippen LogP contribution is 2.19. The zero-order valence-corrected chi connectivity index (χ0v) is 16.1. The Labute approximate surface area is 151 Å². The highest BCUT2D eigenvalue weighted by Gasteiger charge is 2.11. The van der Waals surface area contributed by atoms with Crippen LogP contribution in [0.1, 0.15) is 27.2 Å². The summed E-state index contributed by atoms with van der Waals surface area (Å²) in [5, 5.41) is 0.602. The third-order valence-corrected chi connectivity index (χ3v) is 4.87. The molecular formula is C17H17Br2NO3. The summed E-state index contributed by atoms with van der Waals surface area (Å²) >= 11 is 6.95. The molecule has 122 valence electrons. The molecule has 0 saturated carbocycles. The Morgan fingerprint density at radius 2 is 1.91 bits per heavy atom. The molecule has 2 rings (SSSR count). The van der Waals surface area contributed by atoms with Crippen molar-refractivity contribution >= 4 is 37.8 Å². The van der Waals surface area contributed by atoms with E-state index >= 15 is 0 Å². The van der Waals surface area contributed by atoms with Gasteiger partial charge in [0.05, 0.1) is 12.7 Å². The van der Waals surface area contributed by atoms with Gasteiger partial charge < -0.3 is 9.30 Å². The van der Waals surface area contributed by atoms with Crippen LogP contribution in [0.2, 0.25) is 0 Å². The second kappa shape index (κ2) is 7.93. The quantitative estimate of drug-likeness (QED) is 0.522. The van der Waals surface area contributed by atoms with Crippen LogP contribution >= 0.6 is 31.9 Å². The molecule has 0 amide bonds. The number of aryl methyl sites for hydroxylation is 2. The molecule has 6 heteroatoms. The van der Waals surface area contributed by atoms with Crippen LogP contribution in [0.4, 0.5) is 0 Å². The molecular weight excluding hydrogens is 426 g/mol. The van der Waals surface area contributed by atoms with Crippen LogP contribution in [0.15, 0.2) is 39.6 Å². The van der Waals surface area contributed by atoms with E-state index in [1.807, 2.05) is 25.1 Å². The van der Waals surface area contributed by atoms with E-state index in [1.54, 1.807) is 16.7 Å². The number of aromatic nitrogens is 1. The normalized spacial score (nSPS) is 10.6. The van der Waals surface area contributed by atoms with Crippen molar-refractivity contribution in [2.24, 2.45) is 0 Å². The van der Waals surface area contributed by atoms with Crippen LogP contribution in [0.5, 0.6) is 0 Å². The fourth-order valence-corrected chi connectivity index (χ4v) is 4.02. The van der Waals surface area contributed by atoms with Crippen molar-refractivity contribution in [3.8, 4) is 0 Å². The number of rotatable bonds is 5. The molecule has 0 aliphatic heterocycles. The molecule has 0 aliphatic rings. The Hall–Kier alpha value is -1.40. The lowest BCUT2D eigenvalue weighted by Gasteiger charge is -2.14. The Morgan fingerprint density at radius 1 is 1.26 bits per heavy atom. The first-order valence-electron chi connectivity index (χ1n) is 7.10. The molecule has 0 radical (unpaired) electrons. The van der Waals surface area contributed by atoms with Crippen molar-refractivity contribution in [3.63, 3.8) is 0 Å². The monoisotopic (exact) mass is 441 g/mol. The Bertz CT molecular complexity index is 767. The topological polar surface area (TPSA) is 48.3 Å². The van der Waals surface area contributed by atoms with Crippen LogP contribution in [0.25, 0.3) is 0 Å². The minimum atomic E-state index is -0.350. The van der Waals surface area contributed by atoms with Crippen molar-refractivity contribution in [1.82, 2.24) is 4.57 Å². The van der Waals surface area contributed by atoms with Crippen LogP contribution in [0.3, 0.4) is 0 Å². The van der Waals surface area contributed by atoms with E-state index in [2.05, 4.69) is 36.6 Å². The molecule has 4 nitrogen and oxygen atoms in total. The minimum absolute atomic E-state index is 0.0221. The Kier molecular flexibility index (Phi) is 6.18. The molecule has 23 heavy (non-hydrogen) atoms. The molecule has 0 N–H and O–H groups in total. The molecule has 0 aliphatic carbocycles. The predicted octanol–water partition coefficient (Wildman–Crippen LogP) is 3.84. The molecule has 0 fully saturated rings. The Balaban J connectivity index is 2.21. The number of pyridine rings is 1. The molecule has 0 spiro atoms. The summed E-state index contributed by atoms with van der Waals surface area (Å²) in [5.74, 6) is -0.350. The molecule has 0 atom stereocenters. The van der Waals surface area contributed by atoms with Gasteiger partial charge in [-0.05, 0) is 53.0 Å². The van der Waals surface area contributed by atoms with Crippen molar-refractivity contribution in [2.45, 2.75) is 25.2 Å². The molecule has 1 aromatic carbocycles. The standard InChI is InChI=1S/C17H17Br2NO3/c1-11-9-14(19)15(10-18)20(16(11)21)8-7-12-3-5-13(6-4-12)17(22)23-2/h3-6,9H,7-8,10H2,1-2H3. The van der Waals surface area contributed by atoms with E-state index < -0.39 is 0 Å². The zero-order valence-electron chi connectivity index (χ0n) is 12.9. The third-order valence-electron chi connectivity index (χ3n) is 3.65. The van der Waals surface area contributed by atoms with E-state index in [-0.39, 0.29) is 11.5 Å². The van der Waals surface area contributed by atoms with Crippen LogP contribution < -0.4 is 5.56 Å². The average molecular weight is 443 g/mol. The number of methoxy groups -OCH3 is 1. The van der Waals surface area contributed by atoms with Gasteiger partial charge in [-0.25, -0.2) is 4.79 Å². The van der Waals surface area contributed by atoms with E-state index in [4.69, 9.17) is 0 Å². The first-order valence-corrected chi connectivity index (χ1v) is 9.01. The SMILES string of the molecule is COC(=O)c1ccc(CCn2c(CBr)c(Br)cc(C)c2=O)cc1. The average Bonchev–Trinajstić information content (AvgIpc) is 2.56. The second-order valence-electron chi connectivity index (χ2n) is 5.15. The van der Waals surface area contributed by atoms with Crippen molar-refractivity contribution in [3.05, 3.63) is 67.5 Å². The van der Waals surface area contributed by atoms with Gasteiger partial charge in [-0.15, -0.1) is 0 Å². The van der Waals surface area contributed by atoms with Gasteiger partial charge in [-0.3, -0.25) is 4.79 Å². The summed E-state index contributed by atoms with van der Waals surface area (Å²) < 4.78 is 7.39. The van der Waals surface area contributed by atoms with Gasteiger partial charge in [0.25, 0.3) is 5.56 Å². The summed E-state index contributed by atoms with van der Waals surface area (Å²) in [4.78, 5) is 23.8. The summed E-state index contributed by atoms with van der Waals surface area (Å²) in [6, 6.07) is 9.09. The van der Waals surface area contributed by atoms with Crippen LogP contribution in [-0.4, -0.2) is 17.6 Å². The molecule has 1 heterocycles. The van der Waals surface area contributed by atoms with Gasteiger partial charge in [-0.2, -0.15) is 0 Å². The van der Waals surface area contributed by atoms with Crippen molar-refractivity contribution in [2.75, 3.05) is 7.11 Å². The van der Waals surface area contributed by atoms with Gasteiger partial charge in [0, 0.05) is 27.6 Å². The largest absolute Gasteiger partial charge is 0.465 e. The van der Waals surface area contributed by atoms with Gasteiger partial charge in [0.2, 0.25) is 0 Å². The van der Waals surface area contributed by atoms with E-state index in [1.165, 1.54) is 7.11 Å². The summed E-state index contributed by atoms with van der Waals surface area (Å²) in [6.45, 7) is 2.39. The lowest BCUT2D eigenvalue weighted by Crippen LogP contribution is -2.26. The number of carbonyl (C=O) groups is 1. The van der Waals surface area contributed by atoms with Gasteiger partial charge >= 0.3 is 5.97 Å². The maximum absolute atomic E-state index is 12.4. The number of nitrogens with zero attached hydrogens (tertiary/aromatic N) is 1. The number of hydrogen-bond donors (Lipinski definition) is 0. The van der Waals surface area contributed by atoms with Crippen molar-refractivity contribution in [1.29, 1.82) is 0 Å². The summed E-state index contributed by atoms with van der Waals surface area (Å²) in [6.07, 6.45) is 0.706. The number of carbonyl (C=O) groups excluding carboxylic acids is 1. The lowest BCUT2D eigenvalue weighted by atomic mass is 10.1.